The van der Waals surface area contributed by atoms with E-state index in [2.05, 4.69) is 10.1 Å². The van der Waals surface area contributed by atoms with Gasteiger partial charge in [-0.05, 0) is 25.5 Å². The van der Waals surface area contributed by atoms with Gasteiger partial charge in [-0.1, -0.05) is 29.3 Å². The number of para-hydroxylation sites is 1. The zero-order valence-electron chi connectivity index (χ0n) is 12.4. The average molecular weight is 377 g/mol. The van der Waals surface area contributed by atoms with Gasteiger partial charge in [0, 0.05) is 19.1 Å². The Morgan fingerprint density at radius 3 is 2.57 bits per heavy atom. The second-order valence-corrected chi connectivity index (χ2v) is 6.08. The Bertz CT molecular complexity index is 713. The van der Waals surface area contributed by atoms with E-state index < -0.39 is 0 Å². The Labute approximate surface area is 150 Å². The molecule has 1 atom stereocenters. The van der Waals surface area contributed by atoms with E-state index in [-0.39, 0.29) is 30.2 Å². The topological polar surface area (TPSA) is 77.0 Å². The molecule has 23 heavy (non-hydrogen) atoms. The number of amides is 1. The average Bonchev–Trinajstić information content (AvgIpc) is 3.05. The lowest BCUT2D eigenvalue weighted by atomic mass is 10.3. The molecular formula is C14H16Cl3N5O. The van der Waals surface area contributed by atoms with Crippen molar-refractivity contribution in [2.45, 2.75) is 19.4 Å². The summed E-state index contributed by atoms with van der Waals surface area (Å²) < 4.78 is 1.49. The molecular weight excluding hydrogens is 361 g/mol. The van der Waals surface area contributed by atoms with E-state index in [9.17, 15) is 4.79 Å². The summed E-state index contributed by atoms with van der Waals surface area (Å²) in [6, 6.07) is 5.19. The van der Waals surface area contributed by atoms with Crippen molar-refractivity contribution < 1.29 is 4.79 Å². The molecule has 1 saturated heterocycles. The number of hydrogen-bond donors (Lipinski definition) is 1. The van der Waals surface area contributed by atoms with Crippen LogP contribution in [-0.4, -0.2) is 44.7 Å². The van der Waals surface area contributed by atoms with E-state index in [1.54, 1.807) is 30.0 Å². The predicted octanol–water partition coefficient (Wildman–Crippen LogP) is 2.48. The normalized spacial score (nSPS) is 17.2. The van der Waals surface area contributed by atoms with Gasteiger partial charge in [-0.3, -0.25) is 4.79 Å². The van der Waals surface area contributed by atoms with Crippen molar-refractivity contribution in [1.29, 1.82) is 0 Å². The molecule has 2 aromatic rings. The van der Waals surface area contributed by atoms with Crippen LogP contribution in [0.4, 0.5) is 0 Å². The maximum Gasteiger partial charge on any atom is 0.293 e. The van der Waals surface area contributed by atoms with Gasteiger partial charge in [-0.15, -0.1) is 17.5 Å². The summed E-state index contributed by atoms with van der Waals surface area (Å²) in [7, 11) is 0. The number of benzene rings is 1. The molecule has 3 rings (SSSR count). The standard InChI is InChI=1S/C14H15Cl2N5O.ClH/c1-8-18-13(14(22)20-6-5-9(17)7-20)19-21(8)12-10(15)3-2-4-11(12)16;/h2-4,9H,5-7,17H2,1H3;1H/t9-;/m1./s1. The van der Waals surface area contributed by atoms with E-state index in [4.69, 9.17) is 28.9 Å². The van der Waals surface area contributed by atoms with Crippen LogP contribution in [0.5, 0.6) is 0 Å². The number of likely N-dealkylation sites (tertiary alicyclic amines) is 1. The monoisotopic (exact) mass is 375 g/mol. The first-order valence-electron chi connectivity index (χ1n) is 6.90. The van der Waals surface area contributed by atoms with E-state index in [0.29, 0.717) is 34.6 Å². The van der Waals surface area contributed by atoms with Gasteiger partial charge in [0.2, 0.25) is 5.82 Å². The van der Waals surface area contributed by atoms with E-state index in [1.165, 1.54) is 4.68 Å². The van der Waals surface area contributed by atoms with E-state index >= 15 is 0 Å². The maximum atomic E-state index is 12.4. The van der Waals surface area contributed by atoms with Gasteiger partial charge < -0.3 is 10.6 Å². The zero-order chi connectivity index (χ0) is 15.9. The number of nitrogens with two attached hydrogens (primary N) is 1. The SMILES string of the molecule is Cc1nc(C(=O)N2CC[C@@H](N)C2)nn1-c1c(Cl)cccc1Cl.Cl. The highest BCUT2D eigenvalue weighted by molar-refractivity contribution is 6.37. The third-order valence-electron chi connectivity index (χ3n) is 3.62. The highest BCUT2D eigenvalue weighted by atomic mass is 35.5. The first-order chi connectivity index (χ1) is 10.5. The Morgan fingerprint density at radius 2 is 2.00 bits per heavy atom. The van der Waals surface area contributed by atoms with Crippen LogP contribution in [0.1, 0.15) is 22.9 Å². The molecule has 0 saturated carbocycles. The first kappa shape index (κ1) is 18.0. The Morgan fingerprint density at radius 1 is 1.35 bits per heavy atom. The fourth-order valence-electron chi connectivity index (χ4n) is 2.50. The summed E-state index contributed by atoms with van der Waals surface area (Å²) in [6.07, 6.45) is 0.793. The number of carbonyl (C=O) groups is 1. The second kappa shape index (κ2) is 7.05. The van der Waals surface area contributed by atoms with Crippen LogP contribution >= 0.6 is 35.6 Å². The number of aromatic nitrogens is 3. The molecule has 1 fully saturated rings. The zero-order valence-corrected chi connectivity index (χ0v) is 14.7. The Hall–Kier alpha value is -1.34. The van der Waals surface area contributed by atoms with Crippen molar-refractivity contribution in [1.82, 2.24) is 19.7 Å². The largest absolute Gasteiger partial charge is 0.334 e. The molecule has 124 valence electrons. The minimum absolute atomic E-state index is 0. The molecule has 1 amide bonds. The van der Waals surface area contributed by atoms with Crippen molar-refractivity contribution in [2.24, 2.45) is 5.73 Å². The van der Waals surface area contributed by atoms with E-state index in [1.807, 2.05) is 0 Å². The van der Waals surface area contributed by atoms with Gasteiger partial charge in [0.15, 0.2) is 0 Å². The molecule has 9 heteroatoms. The number of halogens is 3. The van der Waals surface area contributed by atoms with Gasteiger partial charge in [-0.2, -0.15) is 0 Å². The Kier molecular flexibility index (Phi) is 5.52. The lowest BCUT2D eigenvalue weighted by molar-refractivity contribution is 0.0779. The summed E-state index contributed by atoms with van der Waals surface area (Å²) in [5, 5.41) is 5.17. The number of aryl methyl sites for hydroxylation is 1. The summed E-state index contributed by atoms with van der Waals surface area (Å²) in [5.41, 5.74) is 6.35. The summed E-state index contributed by atoms with van der Waals surface area (Å²) >= 11 is 12.4. The third kappa shape index (κ3) is 3.45. The highest BCUT2D eigenvalue weighted by Crippen LogP contribution is 2.28. The maximum absolute atomic E-state index is 12.4. The fourth-order valence-corrected chi connectivity index (χ4v) is 3.05. The second-order valence-electron chi connectivity index (χ2n) is 5.26. The van der Waals surface area contributed by atoms with Crippen molar-refractivity contribution in [3.05, 3.63) is 39.9 Å². The lowest BCUT2D eigenvalue weighted by Crippen LogP contribution is -2.32. The van der Waals surface area contributed by atoms with E-state index in [0.717, 1.165) is 6.42 Å². The van der Waals surface area contributed by atoms with Crippen LogP contribution in [0.15, 0.2) is 18.2 Å². The van der Waals surface area contributed by atoms with Crippen LogP contribution in [0, 0.1) is 6.92 Å². The number of hydrogen-bond acceptors (Lipinski definition) is 4. The third-order valence-corrected chi connectivity index (χ3v) is 4.23. The molecule has 1 aromatic carbocycles. The molecule has 2 N–H and O–H groups in total. The van der Waals surface area contributed by atoms with Crippen molar-refractivity contribution in [3.63, 3.8) is 0 Å². The summed E-state index contributed by atoms with van der Waals surface area (Å²) in [4.78, 5) is 18.3. The van der Waals surface area contributed by atoms with Gasteiger partial charge >= 0.3 is 0 Å². The quantitative estimate of drug-likeness (QED) is 0.873. The highest BCUT2D eigenvalue weighted by Gasteiger charge is 2.28. The molecule has 0 aliphatic carbocycles. The van der Waals surface area contributed by atoms with Gasteiger partial charge in [0.25, 0.3) is 5.91 Å². The Balaban J connectivity index is 0.00000192. The minimum atomic E-state index is -0.224. The van der Waals surface area contributed by atoms with Crippen LogP contribution in [-0.2, 0) is 0 Å². The summed E-state index contributed by atoms with van der Waals surface area (Å²) in [6.45, 7) is 2.90. The van der Waals surface area contributed by atoms with Crippen molar-refractivity contribution in [2.75, 3.05) is 13.1 Å². The first-order valence-corrected chi connectivity index (χ1v) is 7.66. The molecule has 0 bridgehead atoms. The van der Waals surface area contributed by atoms with Crippen molar-refractivity contribution in [3.8, 4) is 5.69 Å². The van der Waals surface area contributed by atoms with Gasteiger partial charge in [0.05, 0.1) is 10.0 Å². The summed E-state index contributed by atoms with van der Waals surface area (Å²) in [5.74, 6) is 0.447. The molecule has 1 aliphatic heterocycles. The molecule has 6 nitrogen and oxygen atoms in total. The molecule has 0 spiro atoms. The van der Waals surface area contributed by atoms with Gasteiger partial charge in [-0.25, -0.2) is 9.67 Å². The molecule has 0 unspecified atom stereocenters. The molecule has 2 heterocycles. The van der Waals surface area contributed by atoms with Crippen LogP contribution < -0.4 is 5.73 Å². The molecule has 0 radical (unpaired) electrons. The lowest BCUT2D eigenvalue weighted by Gasteiger charge is -2.12. The predicted molar refractivity (Wildman–Crippen MR) is 91.9 cm³/mol. The van der Waals surface area contributed by atoms with Crippen LogP contribution in [0.2, 0.25) is 10.0 Å². The number of nitrogens with zero attached hydrogens (tertiary/aromatic N) is 4. The number of rotatable bonds is 2. The van der Waals surface area contributed by atoms with Crippen LogP contribution in [0.3, 0.4) is 0 Å². The van der Waals surface area contributed by atoms with Crippen LogP contribution in [0.25, 0.3) is 5.69 Å². The number of carbonyl (C=O) groups excluding carboxylic acids is 1. The molecule has 1 aromatic heterocycles. The fraction of sp³-hybridized carbons (Fsp3) is 0.357. The minimum Gasteiger partial charge on any atom is -0.334 e. The van der Waals surface area contributed by atoms with Gasteiger partial charge in [0.1, 0.15) is 11.5 Å². The smallest absolute Gasteiger partial charge is 0.293 e. The molecule has 1 aliphatic rings. The van der Waals surface area contributed by atoms with Crippen molar-refractivity contribution >= 4 is 41.5 Å².